The van der Waals surface area contributed by atoms with Crippen LogP contribution in [0.2, 0.25) is 0 Å². The van der Waals surface area contributed by atoms with Crippen molar-refractivity contribution in [3.05, 3.63) is 54.6 Å². The monoisotopic (exact) mass is 268 g/mol. The first-order chi connectivity index (χ1) is 9.75. The second-order valence-electron chi connectivity index (χ2n) is 5.11. The minimum atomic E-state index is -0.713. The van der Waals surface area contributed by atoms with Gasteiger partial charge in [0.1, 0.15) is 5.75 Å². The van der Waals surface area contributed by atoms with Crippen molar-refractivity contribution >= 4 is 5.97 Å². The van der Waals surface area contributed by atoms with E-state index in [1.807, 2.05) is 54.6 Å². The molecule has 0 spiro atoms. The van der Waals surface area contributed by atoms with E-state index in [1.54, 1.807) is 0 Å². The summed E-state index contributed by atoms with van der Waals surface area (Å²) in [4.78, 5) is 10.8. The molecule has 2 aromatic carbocycles. The zero-order valence-corrected chi connectivity index (χ0v) is 11.0. The third-order valence-corrected chi connectivity index (χ3v) is 3.66. The minimum Gasteiger partial charge on any atom is -0.493 e. The Labute approximate surface area is 117 Å². The highest BCUT2D eigenvalue weighted by Gasteiger charge is 2.43. The lowest BCUT2D eigenvalue weighted by Gasteiger charge is -2.11. The van der Waals surface area contributed by atoms with Gasteiger partial charge in [0.05, 0.1) is 12.5 Å². The fourth-order valence-electron chi connectivity index (χ4n) is 2.38. The zero-order valence-electron chi connectivity index (χ0n) is 11.0. The van der Waals surface area contributed by atoms with Crippen LogP contribution in [0.1, 0.15) is 6.42 Å². The van der Waals surface area contributed by atoms with Crippen LogP contribution in [-0.2, 0) is 4.79 Å². The number of para-hydroxylation sites is 1. The molecule has 1 aliphatic rings. The molecular weight excluding hydrogens is 252 g/mol. The topological polar surface area (TPSA) is 46.5 Å². The average Bonchev–Trinajstić information content (AvgIpc) is 3.26. The van der Waals surface area contributed by atoms with Crippen molar-refractivity contribution in [2.24, 2.45) is 11.8 Å². The molecular formula is C17H16O3. The second kappa shape index (κ2) is 5.37. The molecule has 3 nitrogen and oxygen atoms in total. The van der Waals surface area contributed by atoms with E-state index in [1.165, 1.54) is 0 Å². The summed E-state index contributed by atoms with van der Waals surface area (Å²) >= 11 is 0. The molecule has 3 heteroatoms. The average molecular weight is 268 g/mol. The number of aliphatic carboxylic acids is 1. The van der Waals surface area contributed by atoms with Crippen LogP contribution in [0.4, 0.5) is 0 Å². The maximum absolute atomic E-state index is 10.8. The molecule has 0 amide bonds. The van der Waals surface area contributed by atoms with Crippen LogP contribution in [0.25, 0.3) is 11.1 Å². The molecule has 0 heterocycles. The van der Waals surface area contributed by atoms with Crippen LogP contribution in [0, 0.1) is 11.8 Å². The third kappa shape index (κ3) is 2.67. The van der Waals surface area contributed by atoms with Gasteiger partial charge in [0, 0.05) is 11.5 Å². The summed E-state index contributed by atoms with van der Waals surface area (Å²) in [5.74, 6) is 0.0277. The molecule has 102 valence electrons. The molecule has 1 aliphatic carbocycles. The predicted octanol–water partition coefficient (Wildman–Crippen LogP) is 3.45. The fourth-order valence-corrected chi connectivity index (χ4v) is 2.38. The van der Waals surface area contributed by atoms with Crippen molar-refractivity contribution in [3.8, 4) is 16.9 Å². The van der Waals surface area contributed by atoms with Crippen LogP contribution in [0.3, 0.4) is 0 Å². The Hall–Kier alpha value is -2.29. The SMILES string of the molecule is O=C(O)[C@@H]1C[C@H]1COc1ccccc1-c1ccccc1. The van der Waals surface area contributed by atoms with Gasteiger partial charge in [0.25, 0.3) is 0 Å². The molecule has 0 unspecified atom stereocenters. The first kappa shape index (κ1) is 12.7. The molecule has 20 heavy (non-hydrogen) atoms. The van der Waals surface area contributed by atoms with Gasteiger partial charge in [-0.15, -0.1) is 0 Å². The van der Waals surface area contributed by atoms with Gasteiger partial charge in [0.15, 0.2) is 0 Å². The fraction of sp³-hybridized carbons (Fsp3) is 0.235. The van der Waals surface area contributed by atoms with E-state index in [2.05, 4.69) is 0 Å². The Kier molecular flexibility index (Phi) is 3.42. The van der Waals surface area contributed by atoms with E-state index < -0.39 is 5.97 Å². The van der Waals surface area contributed by atoms with Crippen molar-refractivity contribution in [2.45, 2.75) is 6.42 Å². The molecule has 3 rings (SSSR count). The van der Waals surface area contributed by atoms with Gasteiger partial charge in [-0.25, -0.2) is 0 Å². The second-order valence-corrected chi connectivity index (χ2v) is 5.11. The third-order valence-electron chi connectivity index (χ3n) is 3.66. The Morgan fingerprint density at radius 2 is 1.80 bits per heavy atom. The lowest BCUT2D eigenvalue weighted by molar-refractivity contribution is -0.138. The molecule has 2 atom stereocenters. The quantitative estimate of drug-likeness (QED) is 0.903. The lowest BCUT2D eigenvalue weighted by Crippen LogP contribution is -2.06. The first-order valence-corrected chi connectivity index (χ1v) is 6.76. The van der Waals surface area contributed by atoms with Gasteiger partial charge in [-0.1, -0.05) is 48.5 Å². The molecule has 0 aliphatic heterocycles. The lowest BCUT2D eigenvalue weighted by atomic mass is 10.1. The van der Waals surface area contributed by atoms with Gasteiger partial charge in [-0.05, 0) is 18.1 Å². The Morgan fingerprint density at radius 1 is 1.10 bits per heavy atom. The molecule has 1 saturated carbocycles. The van der Waals surface area contributed by atoms with Crippen LogP contribution in [-0.4, -0.2) is 17.7 Å². The number of carbonyl (C=O) groups is 1. The summed E-state index contributed by atoms with van der Waals surface area (Å²) in [6.45, 7) is 0.473. The Morgan fingerprint density at radius 3 is 2.50 bits per heavy atom. The van der Waals surface area contributed by atoms with Crippen LogP contribution >= 0.6 is 0 Å². The number of ether oxygens (including phenoxy) is 1. The summed E-state index contributed by atoms with van der Waals surface area (Å²) in [5, 5.41) is 8.90. The molecule has 0 radical (unpaired) electrons. The Balaban J connectivity index is 1.73. The van der Waals surface area contributed by atoms with E-state index in [4.69, 9.17) is 9.84 Å². The smallest absolute Gasteiger partial charge is 0.306 e. The zero-order chi connectivity index (χ0) is 13.9. The van der Waals surface area contributed by atoms with Crippen LogP contribution in [0.15, 0.2) is 54.6 Å². The predicted molar refractivity (Wildman–Crippen MR) is 76.6 cm³/mol. The van der Waals surface area contributed by atoms with Crippen molar-refractivity contribution in [1.82, 2.24) is 0 Å². The van der Waals surface area contributed by atoms with E-state index in [0.29, 0.717) is 6.61 Å². The van der Waals surface area contributed by atoms with E-state index in [0.717, 1.165) is 23.3 Å². The maximum Gasteiger partial charge on any atom is 0.306 e. The number of benzene rings is 2. The van der Waals surface area contributed by atoms with Gasteiger partial charge in [-0.3, -0.25) is 4.79 Å². The Bertz CT molecular complexity index is 607. The van der Waals surface area contributed by atoms with E-state index >= 15 is 0 Å². The minimum absolute atomic E-state index is 0.149. The van der Waals surface area contributed by atoms with Crippen LogP contribution < -0.4 is 4.74 Å². The maximum atomic E-state index is 10.8. The highest BCUT2D eigenvalue weighted by atomic mass is 16.5. The molecule has 1 fully saturated rings. The van der Waals surface area contributed by atoms with Crippen molar-refractivity contribution in [2.75, 3.05) is 6.61 Å². The van der Waals surface area contributed by atoms with Gasteiger partial charge >= 0.3 is 5.97 Å². The summed E-state index contributed by atoms with van der Waals surface area (Å²) in [6.07, 6.45) is 0.725. The van der Waals surface area contributed by atoms with E-state index in [-0.39, 0.29) is 11.8 Å². The molecule has 1 N–H and O–H groups in total. The van der Waals surface area contributed by atoms with Gasteiger partial charge in [0.2, 0.25) is 0 Å². The largest absolute Gasteiger partial charge is 0.493 e. The number of carboxylic acids is 1. The van der Waals surface area contributed by atoms with Crippen LogP contribution in [0.5, 0.6) is 5.75 Å². The molecule has 0 saturated heterocycles. The molecule has 0 aromatic heterocycles. The first-order valence-electron chi connectivity index (χ1n) is 6.76. The number of rotatable bonds is 5. The molecule has 2 aromatic rings. The number of carboxylic acid groups (broad SMARTS) is 1. The summed E-state index contributed by atoms with van der Waals surface area (Å²) in [5.41, 5.74) is 2.15. The summed E-state index contributed by atoms with van der Waals surface area (Å²) in [6, 6.07) is 17.9. The summed E-state index contributed by atoms with van der Waals surface area (Å²) in [7, 11) is 0. The molecule has 0 bridgehead atoms. The highest BCUT2D eigenvalue weighted by molar-refractivity contribution is 5.73. The van der Waals surface area contributed by atoms with E-state index in [9.17, 15) is 4.79 Å². The van der Waals surface area contributed by atoms with Gasteiger partial charge in [-0.2, -0.15) is 0 Å². The normalized spacial score (nSPS) is 20.4. The standard InChI is InChI=1S/C17H16O3/c18-17(19)15-10-13(15)11-20-16-9-5-4-8-14(16)12-6-2-1-3-7-12/h1-9,13,15H,10-11H2,(H,18,19)/t13-,15+/m0/s1. The summed E-state index contributed by atoms with van der Waals surface area (Å²) < 4.78 is 5.83. The highest BCUT2D eigenvalue weighted by Crippen LogP contribution is 2.39. The van der Waals surface area contributed by atoms with Crippen molar-refractivity contribution in [3.63, 3.8) is 0 Å². The number of hydrogen-bond acceptors (Lipinski definition) is 2. The van der Waals surface area contributed by atoms with Gasteiger partial charge < -0.3 is 9.84 Å². The number of hydrogen-bond donors (Lipinski definition) is 1. The van der Waals surface area contributed by atoms with Crippen molar-refractivity contribution in [1.29, 1.82) is 0 Å². The van der Waals surface area contributed by atoms with Crippen molar-refractivity contribution < 1.29 is 14.6 Å².